The first kappa shape index (κ1) is 13.4. The van der Waals surface area contributed by atoms with E-state index in [1.165, 1.54) is 10.5 Å². The van der Waals surface area contributed by atoms with Crippen LogP contribution in [0.5, 0.6) is 0 Å². The predicted octanol–water partition coefficient (Wildman–Crippen LogP) is 1.59. The molecule has 0 radical (unpaired) electrons. The van der Waals surface area contributed by atoms with E-state index in [9.17, 15) is 4.79 Å². The second-order valence-corrected chi connectivity index (χ2v) is 4.56. The van der Waals surface area contributed by atoms with Crippen molar-refractivity contribution < 1.29 is 4.79 Å². The summed E-state index contributed by atoms with van der Waals surface area (Å²) in [4.78, 5) is 12.7. The van der Waals surface area contributed by atoms with Crippen LogP contribution in [0.2, 0.25) is 0 Å². The smallest absolute Gasteiger partial charge is 0.234 e. The molecule has 0 aliphatic carbocycles. The van der Waals surface area contributed by atoms with Crippen molar-refractivity contribution in [3.8, 4) is 0 Å². The van der Waals surface area contributed by atoms with Crippen molar-refractivity contribution in [2.75, 3.05) is 19.3 Å². The second-order valence-electron chi connectivity index (χ2n) is 3.50. The quantitative estimate of drug-likeness (QED) is 0.865. The fourth-order valence-corrected chi connectivity index (χ4v) is 2.85. The molecule has 88 valence electrons. The lowest BCUT2D eigenvalue weighted by Crippen LogP contribution is -2.35. The average Bonchev–Trinajstić information content (AvgIpc) is 2.62. The molecule has 1 aromatic rings. The monoisotopic (exact) mass is 258 g/mol. The molecule has 0 fully saturated rings. The maximum atomic E-state index is 11.4. The van der Waals surface area contributed by atoms with Crippen LogP contribution >= 0.6 is 24.2 Å². The van der Waals surface area contributed by atoms with Crippen LogP contribution in [-0.4, -0.2) is 25.3 Å². The van der Waals surface area contributed by atoms with Crippen molar-refractivity contribution in [1.29, 1.82) is 0 Å². The number of hydrogen-bond acceptors (Lipinski definition) is 3. The van der Waals surface area contributed by atoms with E-state index < -0.39 is 0 Å². The normalized spacial score (nSPS) is 17.4. The van der Waals surface area contributed by atoms with Gasteiger partial charge in [-0.2, -0.15) is 0 Å². The molecule has 1 amide bonds. The molecule has 0 spiro atoms. The van der Waals surface area contributed by atoms with Gasteiger partial charge in [-0.1, -0.05) is 18.2 Å². The fraction of sp³-hybridized carbons (Fsp3) is 0.364. The third-order valence-electron chi connectivity index (χ3n) is 2.37. The van der Waals surface area contributed by atoms with Crippen LogP contribution in [0.4, 0.5) is 0 Å². The molecule has 1 aliphatic rings. The Balaban J connectivity index is 0.00000128. The van der Waals surface area contributed by atoms with Gasteiger partial charge in [-0.3, -0.25) is 4.79 Å². The van der Waals surface area contributed by atoms with Gasteiger partial charge in [0.05, 0.1) is 12.6 Å². The number of amides is 1. The van der Waals surface area contributed by atoms with E-state index in [1.54, 1.807) is 18.8 Å². The number of fused-ring (bicyclic) bond motifs is 1. The van der Waals surface area contributed by atoms with Crippen LogP contribution in [0.15, 0.2) is 29.2 Å². The van der Waals surface area contributed by atoms with Gasteiger partial charge < -0.3 is 10.6 Å². The summed E-state index contributed by atoms with van der Waals surface area (Å²) in [5.74, 6) is 0.995. The Labute approximate surface area is 106 Å². The molecule has 0 aromatic heterocycles. The number of halogens is 1. The molecule has 1 atom stereocenters. The minimum Gasteiger partial charge on any atom is -0.347 e. The van der Waals surface area contributed by atoms with E-state index in [0.717, 1.165) is 5.75 Å². The highest BCUT2D eigenvalue weighted by Crippen LogP contribution is 2.37. The first-order valence-electron chi connectivity index (χ1n) is 4.97. The van der Waals surface area contributed by atoms with Gasteiger partial charge in [-0.05, 0) is 18.7 Å². The number of benzene rings is 1. The zero-order valence-corrected chi connectivity index (χ0v) is 10.7. The molecular formula is C11H15ClN2OS. The lowest BCUT2D eigenvalue weighted by molar-refractivity contribution is -0.120. The number of thioether (sulfide) groups is 1. The minimum atomic E-state index is 0. The molecule has 1 heterocycles. The summed E-state index contributed by atoms with van der Waals surface area (Å²) in [6.45, 7) is 0.378. The summed E-state index contributed by atoms with van der Waals surface area (Å²) in [6.07, 6.45) is 0. The number of carbonyl (C=O) groups excluding carboxylic acids is 1. The van der Waals surface area contributed by atoms with Crippen molar-refractivity contribution in [2.24, 2.45) is 0 Å². The lowest BCUT2D eigenvalue weighted by atomic mass is 10.1. The minimum absolute atomic E-state index is 0. The van der Waals surface area contributed by atoms with E-state index in [0.29, 0.717) is 6.54 Å². The van der Waals surface area contributed by atoms with E-state index in [2.05, 4.69) is 22.8 Å². The number of likely N-dealkylation sites (N-methyl/N-ethyl adjacent to an activating group) is 1. The lowest BCUT2D eigenvalue weighted by Gasteiger charge is -2.12. The van der Waals surface area contributed by atoms with E-state index in [-0.39, 0.29) is 24.4 Å². The van der Waals surface area contributed by atoms with Crippen molar-refractivity contribution in [1.82, 2.24) is 10.6 Å². The molecule has 0 saturated heterocycles. The molecule has 3 nitrogen and oxygen atoms in total. The van der Waals surface area contributed by atoms with Crippen LogP contribution in [0.25, 0.3) is 0 Å². The molecule has 16 heavy (non-hydrogen) atoms. The van der Waals surface area contributed by atoms with Gasteiger partial charge in [0, 0.05) is 10.6 Å². The molecule has 1 aliphatic heterocycles. The van der Waals surface area contributed by atoms with Crippen LogP contribution in [-0.2, 0) is 4.79 Å². The Bertz CT molecular complexity index is 373. The first-order valence-corrected chi connectivity index (χ1v) is 5.95. The number of nitrogens with one attached hydrogen (secondary N) is 2. The maximum Gasteiger partial charge on any atom is 0.234 e. The Morgan fingerprint density at radius 3 is 3.00 bits per heavy atom. The van der Waals surface area contributed by atoms with Crippen LogP contribution < -0.4 is 10.6 Å². The summed E-state index contributed by atoms with van der Waals surface area (Å²) in [5.41, 5.74) is 1.24. The maximum absolute atomic E-state index is 11.4. The van der Waals surface area contributed by atoms with Crippen LogP contribution in [0.3, 0.4) is 0 Å². The molecule has 2 rings (SSSR count). The highest BCUT2D eigenvalue weighted by Gasteiger charge is 2.23. The third-order valence-corrected chi connectivity index (χ3v) is 3.56. The summed E-state index contributed by atoms with van der Waals surface area (Å²) in [5, 5.41) is 5.86. The largest absolute Gasteiger partial charge is 0.347 e. The van der Waals surface area contributed by atoms with E-state index >= 15 is 0 Å². The average molecular weight is 259 g/mol. The molecular weight excluding hydrogens is 244 g/mol. The van der Waals surface area contributed by atoms with Crippen LogP contribution in [0, 0.1) is 0 Å². The van der Waals surface area contributed by atoms with Crippen LogP contribution in [0.1, 0.15) is 11.6 Å². The fourth-order valence-electron chi connectivity index (χ4n) is 1.69. The summed E-state index contributed by atoms with van der Waals surface area (Å²) in [6, 6.07) is 8.40. The standard InChI is InChI=1S/C11H14N2OS.ClH/c1-12-6-11(14)13-9-7-15-10-5-3-2-4-8(9)10;/h2-5,9,12H,6-7H2,1H3,(H,13,14);1H. The zero-order chi connectivity index (χ0) is 10.7. The number of rotatable bonds is 3. The van der Waals surface area contributed by atoms with Gasteiger partial charge >= 0.3 is 0 Å². The predicted molar refractivity (Wildman–Crippen MR) is 69.2 cm³/mol. The van der Waals surface area contributed by atoms with Gasteiger partial charge in [0.25, 0.3) is 0 Å². The SMILES string of the molecule is CNCC(=O)NC1CSc2ccccc21.Cl. The second kappa shape index (κ2) is 6.13. The summed E-state index contributed by atoms with van der Waals surface area (Å²) < 4.78 is 0. The highest BCUT2D eigenvalue weighted by molar-refractivity contribution is 7.99. The first-order chi connectivity index (χ1) is 7.31. The van der Waals surface area contributed by atoms with Crippen molar-refractivity contribution in [2.45, 2.75) is 10.9 Å². The topological polar surface area (TPSA) is 41.1 Å². The van der Waals surface area contributed by atoms with Gasteiger partial charge in [0.1, 0.15) is 0 Å². The Morgan fingerprint density at radius 1 is 1.50 bits per heavy atom. The van der Waals surface area contributed by atoms with Gasteiger partial charge in [0.15, 0.2) is 0 Å². The third kappa shape index (κ3) is 2.90. The number of hydrogen-bond donors (Lipinski definition) is 2. The Kier molecular flexibility index (Phi) is 5.12. The molecule has 2 N–H and O–H groups in total. The van der Waals surface area contributed by atoms with Gasteiger partial charge in [-0.25, -0.2) is 0 Å². The number of carbonyl (C=O) groups is 1. The van der Waals surface area contributed by atoms with Crippen molar-refractivity contribution in [3.05, 3.63) is 29.8 Å². The molecule has 5 heteroatoms. The van der Waals surface area contributed by atoms with E-state index in [1.807, 2.05) is 12.1 Å². The van der Waals surface area contributed by atoms with Crippen molar-refractivity contribution >= 4 is 30.1 Å². The zero-order valence-electron chi connectivity index (χ0n) is 9.03. The molecule has 0 saturated carbocycles. The Hall–Kier alpha value is -0.710. The summed E-state index contributed by atoms with van der Waals surface area (Å²) in [7, 11) is 1.77. The molecule has 1 aromatic carbocycles. The molecule has 1 unspecified atom stereocenters. The Morgan fingerprint density at radius 2 is 2.25 bits per heavy atom. The molecule has 0 bridgehead atoms. The van der Waals surface area contributed by atoms with Gasteiger partial charge in [-0.15, -0.1) is 24.2 Å². The summed E-state index contributed by atoms with van der Waals surface area (Å²) >= 11 is 1.80. The highest BCUT2D eigenvalue weighted by atomic mass is 35.5. The van der Waals surface area contributed by atoms with Gasteiger partial charge in [0.2, 0.25) is 5.91 Å². The van der Waals surface area contributed by atoms with Crippen molar-refractivity contribution in [3.63, 3.8) is 0 Å². The van der Waals surface area contributed by atoms with E-state index in [4.69, 9.17) is 0 Å².